The molecule has 1 saturated heterocycles. The molecule has 1 aromatic carbocycles. The van der Waals surface area contributed by atoms with Gasteiger partial charge in [0.05, 0.1) is 19.3 Å². The van der Waals surface area contributed by atoms with Crippen LogP contribution in [0.3, 0.4) is 0 Å². The number of amides is 2. The zero-order valence-electron chi connectivity index (χ0n) is 14.7. The summed E-state index contributed by atoms with van der Waals surface area (Å²) in [7, 11) is 0. The fourth-order valence-corrected chi connectivity index (χ4v) is 2.63. The van der Waals surface area contributed by atoms with Crippen LogP contribution in [-0.4, -0.2) is 47.3 Å². The lowest BCUT2D eigenvalue weighted by atomic mass is 10.1. The van der Waals surface area contributed by atoms with Gasteiger partial charge < -0.3 is 15.2 Å². The third-order valence-electron chi connectivity index (χ3n) is 4.13. The second kappa shape index (κ2) is 7.66. The van der Waals surface area contributed by atoms with Crippen molar-refractivity contribution >= 4 is 17.7 Å². The molecule has 0 saturated carbocycles. The average Bonchev–Trinajstić information content (AvgIpc) is 2.90. The maximum Gasteiger partial charge on any atom is 0.410 e. The van der Waals surface area contributed by atoms with Crippen LogP contribution >= 0.6 is 0 Å². The lowest BCUT2D eigenvalue weighted by Crippen LogP contribution is -2.43. The Morgan fingerprint density at radius 2 is 2.04 bits per heavy atom. The smallest absolute Gasteiger partial charge is 0.410 e. The quantitative estimate of drug-likeness (QED) is 0.886. The summed E-state index contributed by atoms with van der Waals surface area (Å²) in [6.45, 7) is 8.26. The first-order valence-electron chi connectivity index (χ1n) is 8.27. The van der Waals surface area contributed by atoms with E-state index in [2.05, 4.69) is 5.32 Å². The Kier molecular flexibility index (Phi) is 5.83. The Morgan fingerprint density at radius 3 is 2.67 bits per heavy atom. The molecule has 6 heteroatoms. The number of carbonyl (C=O) groups excluding carboxylic acids is 2. The number of likely N-dealkylation sites (tertiary alicyclic amines) is 1. The number of hydrogen-bond acceptors (Lipinski definition) is 4. The van der Waals surface area contributed by atoms with Crippen LogP contribution in [0.4, 0.5) is 10.5 Å². The van der Waals surface area contributed by atoms with Crippen molar-refractivity contribution in [3.63, 3.8) is 0 Å². The molecule has 0 bridgehead atoms. The molecule has 2 rings (SSSR count). The van der Waals surface area contributed by atoms with Crippen LogP contribution in [0.25, 0.3) is 0 Å². The highest BCUT2D eigenvalue weighted by atomic mass is 16.6. The standard InChI is InChI=1S/C18H26N2O4/c1-11(2)10-24-18(23)20-9-15(21)8-16(20)17(22)19-14-6-5-12(3)13(4)7-14/h5-7,11,15-16,21H,8-10H2,1-4H3,(H,19,22)/t15-,16+/m1/s1. The SMILES string of the molecule is Cc1ccc(NC(=O)[C@@H]2C[C@@H](O)CN2C(=O)OCC(C)C)cc1C. The number of aliphatic hydroxyl groups excluding tert-OH is 1. The lowest BCUT2D eigenvalue weighted by molar-refractivity contribution is -0.120. The molecule has 0 unspecified atom stereocenters. The fourth-order valence-electron chi connectivity index (χ4n) is 2.63. The number of hydrogen-bond donors (Lipinski definition) is 2. The van der Waals surface area contributed by atoms with E-state index in [1.165, 1.54) is 4.90 Å². The van der Waals surface area contributed by atoms with E-state index < -0.39 is 18.2 Å². The Morgan fingerprint density at radius 1 is 1.33 bits per heavy atom. The van der Waals surface area contributed by atoms with Crippen LogP contribution in [0.2, 0.25) is 0 Å². The summed E-state index contributed by atoms with van der Waals surface area (Å²) < 4.78 is 5.20. The minimum Gasteiger partial charge on any atom is -0.449 e. The first-order chi connectivity index (χ1) is 11.3. The molecule has 24 heavy (non-hydrogen) atoms. The number of nitrogens with zero attached hydrogens (tertiary/aromatic N) is 1. The van der Waals surface area contributed by atoms with E-state index >= 15 is 0 Å². The molecule has 0 radical (unpaired) electrons. The maximum absolute atomic E-state index is 12.5. The van der Waals surface area contributed by atoms with E-state index in [0.717, 1.165) is 11.1 Å². The number of β-amino-alcohol motifs (C(OH)–C–C–N with tert-alkyl or cyclic N) is 1. The average molecular weight is 334 g/mol. The summed E-state index contributed by atoms with van der Waals surface area (Å²) in [6.07, 6.45) is -1.06. The topological polar surface area (TPSA) is 78.9 Å². The zero-order chi connectivity index (χ0) is 17.9. The van der Waals surface area contributed by atoms with Crippen molar-refractivity contribution in [2.24, 2.45) is 5.92 Å². The van der Waals surface area contributed by atoms with Crippen molar-refractivity contribution < 1.29 is 19.4 Å². The third kappa shape index (κ3) is 4.47. The molecule has 1 heterocycles. The molecular weight excluding hydrogens is 308 g/mol. The number of nitrogens with one attached hydrogen (secondary N) is 1. The summed E-state index contributed by atoms with van der Waals surface area (Å²) in [4.78, 5) is 26.0. The second-order valence-corrected chi connectivity index (χ2v) is 6.82. The monoisotopic (exact) mass is 334 g/mol. The summed E-state index contributed by atoms with van der Waals surface area (Å²) in [5.74, 6) is -0.0967. The highest BCUT2D eigenvalue weighted by Crippen LogP contribution is 2.22. The number of benzene rings is 1. The van der Waals surface area contributed by atoms with E-state index in [9.17, 15) is 14.7 Å². The van der Waals surface area contributed by atoms with E-state index in [1.54, 1.807) is 0 Å². The molecule has 1 aliphatic rings. The number of aryl methyl sites for hydroxylation is 2. The lowest BCUT2D eigenvalue weighted by Gasteiger charge is -2.23. The Labute approximate surface area is 142 Å². The van der Waals surface area contributed by atoms with E-state index in [4.69, 9.17) is 4.74 Å². The maximum atomic E-state index is 12.5. The van der Waals surface area contributed by atoms with Crippen molar-refractivity contribution in [2.45, 2.75) is 46.3 Å². The molecular formula is C18H26N2O4. The first kappa shape index (κ1) is 18.3. The molecule has 2 amide bonds. The van der Waals surface area contributed by atoms with Gasteiger partial charge >= 0.3 is 6.09 Å². The summed E-state index contributed by atoms with van der Waals surface area (Å²) in [5.41, 5.74) is 2.90. The van der Waals surface area contributed by atoms with Gasteiger partial charge in [0.25, 0.3) is 0 Å². The minimum atomic E-state index is -0.721. The summed E-state index contributed by atoms with van der Waals surface area (Å²) in [6, 6.07) is 4.93. The number of anilines is 1. The largest absolute Gasteiger partial charge is 0.449 e. The van der Waals surface area contributed by atoms with Gasteiger partial charge in [-0.05, 0) is 43.0 Å². The molecule has 6 nitrogen and oxygen atoms in total. The van der Waals surface area contributed by atoms with Crippen LogP contribution < -0.4 is 5.32 Å². The van der Waals surface area contributed by atoms with Gasteiger partial charge in [0.15, 0.2) is 0 Å². The number of aliphatic hydroxyl groups is 1. The number of carbonyl (C=O) groups is 2. The van der Waals surface area contributed by atoms with Crippen LogP contribution in [-0.2, 0) is 9.53 Å². The molecule has 0 aromatic heterocycles. The van der Waals surface area contributed by atoms with Crippen molar-refractivity contribution in [1.29, 1.82) is 0 Å². The second-order valence-electron chi connectivity index (χ2n) is 6.82. The number of ether oxygens (including phenoxy) is 1. The summed E-state index contributed by atoms with van der Waals surface area (Å²) >= 11 is 0. The normalized spacial score (nSPS) is 20.3. The van der Waals surface area contributed by atoms with Crippen molar-refractivity contribution in [2.75, 3.05) is 18.5 Å². The molecule has 0 aliphatic carbocycles. The molecule has 132 valence electrons. The molecule has 1 aliphatic heterocycles. The molecule has 0 spiro atoms. The minimum absolute atomic E-state index is 0.113. The van der Waals surface area contributed by atoms with Crippen LogP contribution in [0.5, 0.6) is 0 Å². The van der Waals surface area contributed by atoms with Gasteiger partial charge in [-0.1, -0.05) is 19.9 Å². The first-order valence-corrected chi connectivity index (χ1v) is 8.27. The Balaban J connectivity index is 2.05. The van der Waals surface area contributed by atoms with Gasteiger partial charge in [0, 0.05) is 12.1 Å². The summed E-state index contributed by atoms with van der Waals surface area (Å²) in [5, 5.41) is 12.7. The number of rotatable bonds is 4. The van der Waals surface area contributed by atoms with Gasteiger partial charge in [0.2, 0.25) is 5.91 Å². The Hall–Kier alpha value is -2.08. The van der Waals surface area contributed by atoms with E-state index in [1.807, 2.05) is 45.9 Å². The van der Waals surface area contributed by atoms with Gasteiger partial charge in [-0.3, -0.25) is 9.69 Å². The van der Waals surface area contributed by atoms with Crippen LogP contribution in [0.15, 0.2) is 18.2 Å². The predicted molar refractivity (Wildman–Crippen MR) is 91.8 cm³/mol. The highest BCUT2D eigenvalue weighted by molar-refractivity contribution is 5.97. The molecule has 2 N–H and O–H groups in total. The molecule has 2 atom stereocenters. The van der Waals surface area contributed by atoms with Crippen molar-refractivity contribution in [1.82, 2.24) is 4.90 Å². The van der Waals surface area contributed by atoms with Gasteiger partial charge in [-0.2, -0.15) is 0 Å². The van der Waals surface area contributed by atoms with Crippen LogP contribution in [0.1, 0.15) is 31.4 Å². The van der Waals surface area contributed by atoms with E-state index in [0.29, 0.717) is 5.69 Å². The fraction of sp³-hybridized carbons (Fsp3) is 0.556. The predicted octanol–water partition coefficient (Wildman–Crippen LogP) is 2.47. The van der Waals surface area contributed by atoms with Gasteiger partial charge in [-0.25, -0.2) is 4.79 Å². The van der Waals surface area contributed by atoms with Gasteiger partial charge in [0.1, 0.15) is 6.04 Å². The van der Waals surface area contributed by atoms with Crippen LogP contribution in [0, 0.1) is 19.8 Å². The third-order valence-corrected chi connectivity index (χ3v) is 4.13. The highest BCUT2D eigenvalue weighted by Gasteiger charge is 2.39. The Bertz CT molecular complexity index is 615. The van der Waals surface area contributed by atoms with E-state index in [-0.39, 0.29) is 31.4 Å². The molecule has 1 aromatic rings. The van der Waals surface area contributed by atoms with Crippen molar-refractivity contribution in [3.05, 3.63) is 29.3 Å². The molecule has 1 fully saturated rings. The zero-order valence-corrected chi connectivity index (χ0v) is 14.7. The van der Waals surface area contributed by atoms with Crippen molar-refractivity contribution in [3.8, 4) is 0 Å². The van der Waals surface area contributed by atoms with Gasteiger partial charge in [-0.15, -0.1) is 0 Å².